The first kappa shape index (κ1) is 11.6. The van der Waals surface area contributed by atoms with Crippen LogP contribution in [-0.4, -0.2) is 16.8 Å². The lowest BCUT2D eigenvalue weighted by atomic mass is 10.1. The van der Waals surface area contributed by atoms with Crippen LogP contribution in [0, 0.1) is 0 Å². The van der Waals surface area contributed by atoms with E-state index < -0.39 is 0 Å². The number of carbonyl (C=O) groups excluding carboxylic acids is 2. The van der Waals surface area contributed by atoms with Crippen LogP contribution in [-0.2, 0) is 6.42 Å². The van der Waals surface area contributed by atoms with Gasteiger partial charge in [-0.2, -0.15) is 0 Å². The van der Waals surface area contributed by atoms with Crippen LogP contribution >= 0.6 is 0 Å². The SMILES string of the molecule is CCc1ccc(N2C(=O)c3ccncc3C2=O)cc1. The normalized spacial score (nSPS) is 13.8. The van der Waals surface area contributed by atoms with E-state index in [4.69, 9.17) is 0 Å². The number of nitrogens with zero attached hydrogens (tertiary/aromatic N) is 2. The second kappa shape index (κ2) is 4.31. The van der Waals surface area contributed by atoms with Crippen molar-refractivity contribution < 1.29 is 9.59 Å². The Balaban J connectivity index is 2.03. The lowest BCUT2D eigenvalue weighted by Gasteiger charge is -2.14. The van der Waals surface area contributed by atoms with Gasteiger partial charge in [0.25, 0.3) is 11.8 Å². The summed E-state index contributed by atoms with van der Waals surface area (Å²) in [5.74, 6) is -0.594. The largest absolute Gasteiger partial charge is 0.268 e. The molecule has 0 saturated carbocycles. The number of carbonyl (C=O) groups is 2. The predicted octanol–water partition coefficient (Wildman–Crippen LogP) is 2.44. The molecule has 0 saturated heterocycles. The summed E-state index contributed by atoms with van der Waals surface area (Å²) < 4.78 is 0. The molecule has 2 heterocycles. The summed E-state index contributed by atoms with van der Waals surface area (Å²) in [5.41, 5.74) is 2.55. The molecular weight excluding hydrogens is 240 g/mol. The summed E-state index contributed by atoms with van der Waals surface area (Å²) in [6, 6.07) is 9.03. The fourth-order valence-electron chi connectivity index (χ4n) is 2.20. The molecule has 1 aromatic carbocycles. The summed E-state index contributed by atoms with van der Waals surface area (Å²) in [6.07, 6.45) is 3.88. The van der Waals surface area contributed by atoms with E-state index in [0.717, 1.165) is 6.42 Å². The fourth-order valence-corrected chi connectivity index (χ4v) is 2.20. The molecule has 0 fully saturated rings. The molecule has 0 N–H and O–H groups in total. The van der Waals surface area contributed by atoms with Gasteiger partial charge in [0, 0.05) is 12.4 Å². The highest BCUT2D eigenvalue weighted by molar-refractivity contribution is 6.34. The van der Waals surface area contributed by atoms with Gasteiger partial charge in [0.2, 0.25) is 0 Å². The van der Waals surface area contributed by atoms with Gasteiger partial charge < -0.3 is 0 Å². The molecule has 0 bridgehead atoms. The van der Waals surface area contributed by atoms with Crippen molar-refractivity contribution in [2.24, 2.45) is 0 Å². The first-order valence-corrected chi connectivity index (χ1v) is 6.14. The van der Waals surface area contributed by atoms with Crippen molar-refractivity contribution in [3.05, 3.63) is 59.4 Å². The predicted molar refractivity (Wildman–Crippen MR) is 71.2 cm³/mol. The number of aromatic nitrogens is 1. The van der Waals surface area contributed by atoms with Crippen molar-refractivity contribution in [3.8, 4) is 0 Å². The first-order valence-electron chi connectivity index (χ1n) is 6.14. The molecule has 1 aliphatic rings. The maximum Gasteiger partial charge on any atom is 0.267 e. The van der Waals surface area contributed by atoms with E-state index in [-0.39, 0.29) is 11.8 Å². The topological polar surface area (TPSA) is 50.3 Å². The molecule has 2 amide bonds. The van der Waals surface area contributed by atoms with Gasteiger partial charge in [0.1, 0.15) is 0 Å². The van der Waals surface area contributed by atoms with Gasteiger partial charge in [-0.1, -0.05) is 19.1 Å². The first-order chi connectivity index (χ1) is 9.22. The Hall–Kier alpha value is -2.49. The molecule has 4 heteroatoms. The zero-order chi connectivity index (χ0) is 13.4. The number of anilines is 1. The van der Waals surface area contributed by atoms with Crippen LogP contribution in [0.2, 0.25) is 0 Å². The minimum Gasteiger partial charge on any atom is -0.268 e. The van der Waals surface area contributed by atoms with Gasteiger partial charge in [0.05, 0.1) is 16.8 Å². The minimum atomic E-state index is -0.308. The van der Waals surface area contributed by atoms with Crippen LogP contribution in [0.3, 0.4) is 0 Å². The molecule has 19 heavy (non-hydrogen) atoms. The van der Waals surface area contributed by atoms with Gasteiger partial charge in [-0.15, -0.1) is 0 Å². The van der Waals surface area contributed by atoms with Crippen LogP contribution in [0.4, 0.5) is 5.69 Å². The van der Waals surface area contributed by atoms with E-state index in [1.54, 1.807) is 18.2 Å². The van der Waals surface area contributed by atoms with E-state index in [9.17, 15) is 9.59 Å². The summed E-state index contributed by atoms with van der Waals surface area (Å²) in [5, 5.41) is 0. The zero-order valence-electron chi connectivity index (χ0n) is 10.5. The van der Waals surface area contributed by atoms with Crippen molar-refractivity contribution in [3.63, 3.8) is 0 Å². The molecule has 0 unspecified atom stereocenters. The lowest BCUT2D eigenvalue weighted by Crippen LogP contribution is -2.29. The molecule has 0 spiro atoms. The highest BCUT2D eigenvalue weighted by Crippen LogP contribution is 2.27. The lowest BCUT2D eigenvalue weighted by molar-refractivity contribution is 0.0926. The Kier molecular flexibility index (Phi) is 2.63. The Morgan fingerprint density at radius 2 is 1.68 bits per heavy atom. The van der Waals surface area contributed by atoms with Crippen LogP contribution in [0.25, 0.3) is 0 Å². The molecule has 94 valence electrons. The number of benzene rings is 1. The van der Waals surface area contributed by atoms with E-state index >= 15 is 0 Å². The van der Waals surface area contributed by atoms with Crippen LogP contribution in [0.15, 0.2) is 42.7 Å². The van der Waals surface area contributed by atoms with E-state index in [1.165, 1.54) is 22.9 Å². The number of hydrogen-bond donors (Lipinski definition) is 0. The summed E-state index contributed by atoms with van der Waals surface area (Å²) in [4.78, 5) is 29.6. The maximum atomic E-state index is 12.2. The second-order valence-corrected chi connectivity index (χ2v) is 4.39. The third kappa shape index (κ3) is 1.73. The monoisotopic (exact) mass is 252 g/mol. The average molecular weight is 252 g/mol. The number of imide groups is 1. The quantitative estimate of drug-likeness (QED) is 0.771. The molecule has 0 atom stereocenters. The molecule has 0 radical (unpaired) electrons. The number of rotatable bonds is 2. The van der Waals surface area contributed by atoms with Crippen molar-refractivity contribution in [1.29, 1.82) is 0 Å². The smallest absolute Gasteiger partial charge is 0.267 e. The number of pyridine rings is 1. The zero-order valence-corrected chi connectivity index (χ0v) is 10.5. The van der Waals surface area contributed by atoms with Gasteiger partial charge in [-0.3, -0.25) is 14.6 Å². The molecule has 4 nitrogen and oxygen atoms in total. The Bertz CT molecular complexity index is 627. The third-order valence-electron chi connectivity index (χ3n) is 3.29. The van der Waals surface area contributed by atoms with E-state index in [2.05, 4.69) is 11.9 Å². The molecule has 3 rings (SSSR count). The van der Waals surface area contributed by atoms with Crippen LogP contribution in [0.1, 0.15) is 33.2 Å². The van der Waals surface area contributed by atoms with Crippen LogP contribution in [0.5, 0.6) is 0 Å². The number of fused-ring (bicyclic) bond motifs is 1. The Labute approximate surface area is 110 Å². The van der Waals surface area contributed by atoms with E-state index in [1.807, 2.05) is 12.1 Å². The van der Waals surface area contributed by atoms with Crippen molar-refractivity contribution in [2.45, 2.75) is 13.3 Å². The van der Waals surface area contributed by atoms with Crippen molar-refractivity contribution in [1.82, 2.24) is 4.98 Å². The molecule has 0 aliphatic carbocycles. The third-order valence-corrected chi connectivity index (χ3v) is 3.29. The number of amides is 2. The van der Waals surface area contributed by atoms with Gasteiger partial charge in [0.15, 0.2) is 0 Å². The Morgan fingerprint density at radius 3 is 2.32 bits per heavy atom. The molecule has 1 aliphatic heterocycles. The number of aryl methyl sites for hydroxylation is 1. The molecular formula is C15H12N2O2. The summed E-state index contributed by atoms with van der Waals surface area (Å²) in [6.45, 7) is 2.06. The summed E-state index contributed by atoms with van der Waals surface area (Å²) >= 11 is 0. The summed E-state index contributed by atoms with van der Waals surface area (Å²) in [7, 11) is 0. The minimum absolute atomic E-state index is 0.286. The van der Waals surface area contributed by atoms with Gasteiger partial charge >= 0.3 is 0 Å². The van der Waals surface area contributed by atoms with E-state index in [0.29, 0.717) is 16.8 Å². The van der Waals surface area contributed by atoms with Crippen molar-refractivity contribution in [2.75, 3.05) is 4.90 Å². The van der Waals surface area contributed by atoms with Gasteiger partial charge in [-0.05, 0) is 30.2 Å². The van der Waals surface area contributed by atoms with Crippen LogP contribution < -0.4 is 4.90 Å². The van der Waals surface area contributed by atoms with Crippen molar-refractivity contribution >= 4 is 17.5 Å². The fraction of sp³-hybridized carbons (Fsp3) is 0.133. The van der Waals surface area contributed by atoms with Gasteiger partial charge in [-0.25, -0.2) is 4.90 Å². The maximum absolute atomic E-state index is 12.2. The highest BCUT2D eigenvalue weighted by Gasteiger charge is 2.36. The molecule has 1 aromatic heterocycles. The molecule has 2 aromatic rings. The second-order valence-electron chi connectivity index (χ2n) is 4.39. The standard InChI is InChI=1S/C15H12N2O2/c1-2-10-3-5-11(6-4-10)17-14(18)12-7-8-16-9-13(12)15(17)19/h3-9H,2H2,1H3. The number of hydrogen-bond acceptors (Lipinski definition) is 3. The highest BCUT2D eigenvalue weighted by atomic mass is 16.2. The Morgan fingerprint density at radius 1 is 1.00 bits per heavy atom. The average Bonchev–Trinajstić information content (AvgIpc) is 2.72.